The monoisotopic (exact) mass is 329 g/mol. The molecule has 2 aromatic rings. The van der Waals surface area contributed by atoms with Gasteiger partial charge in [-0.15, -0.1) is 0 Å². The van der Waals surface area contributed by atoms with E-state index in [-0.39, 0.29) is 12.5 Å². The number of carbonyl (C=O) groups is 1. The Kier molecular flexibility index (Phi) is 4.53. The lowest BCUT2D eigenvalue weighted by Crippen LogP contribution is -2.21. The Morgan fingerprint density at radius 2 is 2.04 bits per heavy atom. The van der Waals surface area contributed by atoms with Crippen molar-refractivity contribution in [3.8, 4) is 11.5 Å². The van der Waals surface area contributed by atoms with Crippen LogP contribution in [0.15, 0.2) is 48.0 Å². The third kappa shape index (κ3) is 3.66. The van der Waals surface area contributed by atoms with Crippen molar-refractivity contribution in [3.63, 3.8) is 0 Å². The molecule has 0 spiro atoms. The highest BCUT2D eigenvalue weighted by Gasteiger charge is 2.17. The van der Waals surface area contributed by atoms with E-state index >= 15 is 0 Å². The van der Waals surface area contributed by atoms with Crippen LogP contribution in [0.3, 0.4) is 0 Å². The summed E-state index contributed by atoms with van der Waals surface area (Å²) >= 11 is 5.98. The number of hydrogen-bond donors (Lipinski definition) is 1. The summed E-state index contributed by atoms with van der Waals surface area (Å²) in [7, 11) is 0. The van der Waals surface area contributed by atoms with Crippen molar-refractivity contribution in [3.05, 3.63) is 58.6 Å². The van der Waals surface area contributed by atoms with Crippen LogP contribution in [-0.4, -0.2) is 19.1 Å². The molecule has 0 aromatic heterocycles. The van der Waals surface area contributed by atoms with Crippen LogP contribution in [0.4, 0.5) is 5.69 Å². The zero-order valence-electron chi connectivity index (χ0n) is 12.6. The van der Waals surface area contributed by atoms with E-state index in [9.17, 15) is 4.79 Å². The number of halogens is 1. The Balaban J connectivity index is 1.73. The molecule has 4 nitrogen and oxygen atoms in total. The van der Waals surface area contributed by atoms with E-state index in [2.05, 4.69) is 5.32 Å². The number of anilines is 1. The predicted molar refractivity (Wildman–Crippen MR) is 91.2 cm³/mol. The van der Waals surface area contributed by atoms with E-state index in [0.717, 1.165) is 17.1 Å². The molecule has 0 saturated carbocycles. The second kappa shape index (κ2) is 6.75. The van der Waals surface area contributed by atoms with Crippen LogP contribution in [0.25, 0.3) is 6.08 Å². The van der Waals surface area contributed by atoms with Gasteiger partial charge in [-0.3, -0.25) is 4.79 Å². The van der Waals surface area contributed by atoms with Crippen LogP contribution in [0.2, 0.25) is 5.02 Å². The Labute approximate surface area is 139 Å². The molecule has 23 heavy (non-hydrogen) atoms. The summed E-state index contributed by atoms with van der Waals surface area (Å²) in [6.07, 6.45) is 1.80. The van der Waals surface area contributed by atoms with E-state index in [1.165, 1.54) is 0 Å². The van der Waals surface area contributed by atoms with Gasteiger partial charge in [0.25, 0.3) is 5.91 Å². The number of benzene rings is 2. The highest BCUT2D eigenvalue weighted by atomic mass is 35.5. The maximum absolute atomic E-state index is 12.3. The molecule has 3 rings (SSSR count). The summed E-state index contributed by atoms with van der Waals surface area (Å²) in [5, 5.41) is 3.46. The summed E-state index contributed by atoms with van der Waals surface area (Å²) < 4.78 is 11.0. The third-order valence-corrected chi connectivity index (χ3v) is 3.63. The topological polar surface area (TPSA) is 47.6 Å². The van der Waals surface area contributed by atoms with Gasteiger partial charge in [-0.2, -0.15) is 0 Å². The van der Waals surface area contributed by atoms with Crippen LogP contribution < -0.4 is 14.8 Å². The molecule has 0 fully saturated rings. The van der Waals surface area contributed by atoms with E-state index in [1.807, 2.05) is 19.1 Å². The molecule has 0 atom stereocenters. The van der Waals surface area contributed by atoms with Crippen molar-refractivity contribution >= 4 is 29.3 Å². The summed E-state index contributed by atoms with van der Waals surface area (Å²) in [5.74, 6) is 1.31. The first-order chi connectivity index (χ1) is 11.2. The lowest BCUT2D eigenvalue weighted by atomic mass is 10.1. The summed E-state index contributed by atoms with van der Waals surface area (Å²) in [4.78, 5) is 12.3. The van der Waals surface area contributed by atoms with Crippen molar-refractivity contribution in [2.45, 2.75) is 6.92 Å². The van der Waals surface area contributed by atoms with Gasteiger partial charge in [0.15, 0.2) is 0 Å². The fraction of sp³-hybridized carbons (Fsp3) is 0.167. The van der Waals surface area contributed by atoms with Crippen LogP contribution in [0.1, 0.15) is 12.5 Å². The largest absolute Gasteiger partial charge is 0.494 e. The first kappa shape index (κ1) is 15.4. The number of rotatable bonds is 4. The first-order valence-electron chi connectivity index (χ1n) is 7.33. The van der Waals surface area contributed by atoms with Crippen LogP contribution >= 0.6 is 11.6 Å². The molecule has 1 aliphatic heterocycles. The van der Waals surface area contributed by atoms with Crippen molar-refractivity contribution in [1.29, 1.82) is 0 Å². The van der Waals surface area contributed by atoms with Gasteiger partial charge in [0, 0.05) is 16.3 Å². The van der Waals surface area contributed by atoms with Gasteiger partial charge in [0.05, 0.1) is 12.2 Å². The predicted octanol–water partition coefficient (Wildman–Crippen LogP) is 4.15. The van der Waals surface area contributed by atoms with E-state index in [0.29, 0.717) is 22.9 Å². The number of carbonyl (C=O) groups excluding carboxylic acids is 1. The molecule has 1 N–H and O–H groups in total. The maximum atomic E-state index is 12.3. The highest BCUT2D eigenvalue weighted by molar-refractivity contribution is 6.30. The van der Waals surface area contributed by atoms with Crippen LogP contribution in [0, 0.1) is 0 Å². The molecule has 2 aromatic carbocycles. The molecule has 0 radical (unpaired) electrons. The molecule has 118 valence electrons. The molecule has 5 heteroatoms. The average Bonchev–Trinajstić information content (AvgIpc) is 2.56. The van der Waals surface area contributed by atoms with Crippen molar-refractivity contribution < 1.29 is 14.3 Å². The van der Waals surface area contributed by atoms with Crippen molar-refractivity contribution in [1.82, 2.24) is 0 Å². The second-order valence-electron chi connectivity index (χ2n) is 5.05. The number of nitrogens with one attached hydrogen (secondary N) is 1. The van der Waals surface area contributed by atoms with E-state index < -0.39 is 0 Å². The smallest absolute Gasteiger partial charge is 0.255 e. The molecule has 0 aliphatic carbocycles. The zero-order chi connectivity index (χ0) is 16.2. The van der Waals surface area contributed by atoms with Gasteiger partial charge in [-0.25, -0.2) is 0 Å². The highest BCUT2D eigenvalue weighted by Crippen LogP contribution is 2.29. The number of hydrogen-bond acceptors (Lipinski definition) is 3. The van der Waals surface area contributed by atoms with Gasteiger partial charge >= 0.3 is 0 Å². The molecule has 0 saturated heterocycles. The minimum absolute atomic E-state index is 0.195. The Morgan fingerprint density at radius 1 is 1.26 bits per heavy atom. The average molecular weight is 330 g/mol. The fourth-order valence-electron chi connectivity index (χ4n) is 2.29. The minimum atomic E-state index is -0.195. The molecule has 1 heterocycles. The minimum Gasteiger partial charge on any atom is -0.494 e. The third-order valence-electron chi connectivity index (χ3n) is 3.40. The Morgan fingerprint density at radius 3 is 2.78 bits per heavy atom. The second-order valence-corrected chi connectivity index (χ2v) is 5.49. The summed E-state index contributed by atoms with van der Waals surface area (Å²) in [5.41, 5.74) is 2.06. The van der Waals surface area contributed by atoms with Gasteiger partial charge in [0.1, 0.15) is 18.1 Å². The normalized spacial score (nSPS) is 12.7. The lowest BCUT2D eigenvalue weighted by Gasteiger charge is -2.18. The maximum Gasteiger partial charge on any atom is 0.255 e. The quantitative estimate of drug-likeness (QED) is 0.916. The van der Waals surface area contributed by atoms with Gasteiger partial charge in [0.2, 0.25) is 0 Å². The zero-order valence-corrected chi connectivity index (χ0v) is 13.4. The van der Waals surface area contributed by atoms with E-state index in [1.54, 1.807) is 36.4 Å². The fourth-order valence-corrected chi connectivity index (χ4v) is 2.47. The van der Waals surface area contributed by atoms with E-state index in [4.69, 9.17) is 21.1 Å². The molecule has 1 aliphatic rings. The Hall–Kier alpha value is -2.46. The van der Waals surface area contributed by atoms with Crippen LogP contribution in [-0.2, 0) is 4.79 Å². The molecule has 1 amide bonds. The lowest BCUT2D eigenvalue weighted by molar-refractivity contribution is -0.113. The Bertz CT molecular complexity index is 753. The summed E-state index contributed by atoms with van der Waals surface area (Å²) in [6, 6.07) is 12.6. The SMILES string of the molecule is CCOc1ccc(NC(=O)C2=Cc3cc(Cl)ccc3OC2)cc1. The van der Waals surface area contributed by atoms with Crippen molar-refractivity contribution in [2.24, 2.45) is 0 Å². The van der Waals surface area contributed by atoms with Crippen molar-refractivity contribution in [2.75, 3.05) is 18.5 Å². The standard InChI is InChI=1S/C18H16ClNO3/c1-2-22-16-6-4-15(5-7-16)20-18(21)13-9-12-10-14(19)3-8-17(12)23-11-13/h3-10H,2,11H2,1H3,(H,20,21). The number of amides is 1. The number of ether oxygens (including phenoxy) is 2. The summed E-state index contributed by atoms with van der Waals surface area (Å²) in [6.45, 7) is 2.77. The van der Waals surface area contributed by atoms with Gasteiger partial charge in [-0.1, -0.05) is 11.6 Å². The molecule has 0 bridgehead atoms. The van der Waals surface area contributed by atoms with Crippen LogP contribution in [0.5, 0.6) is 11.5 Å². The molecular weight excluding hydrogens is 314 g/mol. The first-order valence-corrected chi connectivity index (χ1v) is 7.70. The van der Waals surface area contributed by atoms with Gasteiger partial charge in [-0.05, 0) is 55.5 Å². The number of fused-ring (bicyclic) bond motifs is 1. The van der Waals surface area contributed by atoms with Gasteiger partial charge < -0.3 is 14.8 Å². The molecule has 0 unspecified atom stereocenters. The molecular formula is C18H16ClNO3.